The number of nitrogens with zero attached hydrogens (tertiary/aromatic N) is 1. The number of benzene rings is 1. The molecule has 8 heteroatoms. The van der Waals surface area contributed by atoms with Crippen LogP contribution in [0.15, 0.2) is 29.2 Å². The van der Waals surface area contributed by atoms with Crippen molar-refractivity contribution in [3.05, 3.63) is 29.8 Å². The molecule has 1 aromatic rings. The van der Waals surface area contributed by atoms with Gasteiger partial charge in [0.2, 0.25) is 15.9 Å². The molecule has 1 aromatic carbocycles. The molecule has 1 fully saturated rings. The molecule has 1 heterocycles. The molecule has 0 saturated carbocycles. The van der Waals surface area contributed by atoms with Crippen LogP contribution in [0.3, 0.4) is 0 Å². The van der Waals surface area contributed by atoms with Gasteiger partial charge >= 0.3 is 5.97 Å². The van der Waals surface area contributed by atoms with Crippen LogP contribution in [0.2, 0.25) is 0 Å². The second-order valence-electron chi connectivity index (χ2n) is 5.12. The lowest BCUT2D eigenvalue weighted by Crippen LogP contribution is -2.44. The molecule has 1 aliphatic rings. The summed E-state index contributed by atoms with van der Waals surface area (Å²) < 4.78 is 31.1. The molecule has 1 saturated heterocycles. The second-order valence-corrected chi connectivity index (χ2v) is 7.06. The van der Waals surface area contributed by atoms with Gasteiger partial charge in [-0.25, -0.2) is 13.2 Å². The zero-order chi connectivity index (χ0) is 16.3. The lowest BCUT2D eigenvalue weighted by Gasteiger charge is -2.30. The predicted octanol–water partition coefficient (Wildman–Crippen LogP) is 0.359. The Morgan fingerprint density at radius 1 is 1.36 bits per heavy atom. The molecule has 1 aliphatic heterocycles. The van der Waals surface area contributed by atoms with Crippen molar-refractivity contribution in [2.75, 3.05) is 20.2 Å². The van der Waals surface area contributed by atoms with Crippen LogP contribution in [0.4, 0.5) is 0 Å². The van der Waals surface area contributed by atoms with Gasteiger partial charge in [0, 0.05) is 13.1 Å². The first kappa shape index (κ1) is 16.4. The zero-order valence-electron chi connectivity index (χ0n) is 12.2. The SMILES string of the molecule is COC(=O)c1cccc(S(=O)(=O)N2CCC[C@H](C(N)=O)C2)c1. The van der Waals surface area contributed by atoms with Crippen molar-refractivity contribution >= 4 is 21.9 Å². The van der Waals surface area contributed by atoms with Gasteiger partial charge in [0.05, 0.1) is 23.5 Å². The summed E-state index contributed by atoms with van der Waals surface area (Å²) in [5.74, 6) is -1.58. The number of nitrogens with two attached hydrogens (primary N) is 1. The summed E-state index contributed by atoms with van der Waals surface area (Å²) in [6.07, 6.45) is 1.16. The first-order valence-electron chi connectivity index (χ1n) is 6.84. The lowest BCUT2D eigenvalue weighted by atomic mass is 9.99. The average Bonchev–Trinajstić information content (AvgIpc) is 2.54. The van der Waals surface area contributed by atoms with Crippen molar-refractivity contribution in [1.29, 1.82) is 0 Å². The highest BCUT2D eigenvalue weighted by Gasteiger charge is 2.32. The Morgan fingerprint density at radius 2 is 2.09 bits per heavy atom. The van der Waals surface area contributed by atoms with Gasteiger partial charge in [-0.2, -0.15) is 4.31 Å². The zero-order valence-corrected chi connectivity index (χ0v) is 13.0. The first-order chi connectivity index (χ1) is 10.4. The third-order valence-corrected chi connectivity index (χ3v) is 5.54. The van der Waals surface area contributed by atoms with Gasteiger partial charge in [0.15, 0.2) is 0 Å². The summed E-state index contributed by atoms with van der Waals surface area (Å²) >= 11 is 0. The van der Waals surface area contributed by atoms with Crippen LogP contribution in [0, 0.1) is 5.92 Å². The molecule has 1 atom stereocenters. The summed E-state index contributed by atoms with van der Waals surface area (Å²) in [5, 5.41) is 0. The van der Waals surface area contributed by atoms with E-state index in [1.54, 1.807) is 0 Å². The number of hydrogen-bond donors (Lipinski definition) is 1. The minimum atomic E-state index is -3.77. The monoisotopic (exact) mass is 326 g/mol. The summed E-state index contributed by atoms with van der Waals surface area (Å²) in [6.45, 7) is 0.398. The highest BCUT2D eigenvalue weighted by Crippen LogP contribution is 2.24. The molecule has 120 valence electrons. The van der Waals surface area contributed by atoms with E-state index in [4.69, 9.17) is 5.73 Å². The van der Waals surface area contributed by atoms with E-state index in [9.17, 15) is 18.0 Å². The van der Waals surface area contributed by atoms with Crippen molar-refractivity contribution in [1.82, 2.24) is 4.31 Å². The highest BCUT2D eigenvalue weighted by molar-refractivity contribution is 7.89. The fourth-order valence-electron chi connectivity index (χ4n) is 2.44. The molecular weight excluding hydrogens is 308 g/mol. The smallest absolute Gasteiger partial charge is 0.337 e. The molecule has 0 unspecified atom stereocenters. The molecule has 0 radical (unpaired) electrons. The maximum Gasteiger partial charge on any atom is 0.337 e. The Labute approximate surface area is 129 Å². The molecule has 1 amide bonds. The van der Waals surface area contributed by atoms with Crippen molar-refractivity contribution in [2.45, 2.75) is 17.7 Å². The van der Waals surface area contributed by atoms with E-state index in [1.165, 1.54) is 35.7 Å². The Kier molecular flexibility index (Phi) is 4.82. The van der Waals surface area contributed by atoms with Crippen molar-refractivity contribution in [3.63, 3.8) is 0 Å². The fourth-order valence-corrected chi connectivity index (χ4v) is 4.01. The largest absolute Gasteiger partial charge is 0.465 e. The number of piperidine rings is 1. The molecule has 2 rings (SSSR count). The van der Waals surface area contributed by atoms with Crippen LogP contribution in [0.25, 0.3) is 0 Å². The number of carbonyl (C=O) groups is 2. The quantitative estimate of drug-likeness (QED) is 0.804. The third-order valence-electron chi connectivity index (χ3n) is 3.68. The third kappa shape index (κ3) is 3.28. The molecule has 0 aliphatic carbocycles. The number of ether oxygens (including phenoxy) is 1. The van der Waals surface area contributed by atoms with Crippen LogP contribution in [0.5, 0.6) is 0 Å². The van der Waals surface area contributed by atoms with E-state index in [1.807, 2.05) is 0 Å². The number of sulfonamides is 1. The number of methoxy groups -OCH3 is 1. The number of rotatable bonds is 4. The standard InChI is InChI=1S/C14H18N2O5S/c1-21-14(18)10-4-2-6-12(8-10)22(19,20)16-7-3-5-11(9-16)13(15)17/h2,4,6,8,11H,3,5,7,9H2,1H3,(H2,15,17)/t11-/m0/s1. The fraction of sp³-hybridized carbons (Fsp3) is 0.429. The van der Waals surface area contributed by atoms with Crippen LogP contribution in [-0.4, -0.2) is 44.8 Å². The molecule has 22 heavy (non-hydrogen) atoms. The van der Waals surface area contributed by atoms with E-state index < -0.39 is 27.8 Å². The van der Waals surface area contributed by atoms with Crippen molar-refractivity contribution in [2.24, 2.45) is 11.7 Å². The van der Waals surface area contributed by atoms with E-state index >= 15 is 0 Å². The van der Waals surface area contributed by atoms with E-state index in [0.717, 1.165) is 0 Å². The van der Waals surface area contributed by atoms with Gasteiger partial charge in [-0.05, 0) is 31.0 Å². The number of carbonyl (C=O) groups excluding carboxylic acids is 2. The number of hydrogen-bond acceptors (Lipinski definition) is 5. The Morgan fingerprint density at radius 3 is 2.73 bits per heavy atom. The summed E-state index contributed by atoms with van der Waals surface area (Å²) in [6, 6.07) is 5.65. The first-order valence-corrected chi connectivity index (χ1v) is 8.28. The topological polar surface area (TPSA) is 107 Å². The van der Waals surface area contributed by atoms with E-state index in [-0.39, 0.29) is 17.0 Å². The van der Waals surface area contributed by atoms with E-state index in [0.29, 0.717) is 19.4 Å². The van der Waals surface area contributed by atoms with Gasteiger partial charge in [0.25, 0.3) is 0 Å². The number of esters is 1. The van der Waals surface area contributed by atoms with Gasteiger partial charge in [-0.15, -0.1) is 0 Å². The minimum Gasteiger partial charge on any atom is -0.465 e. The molecule has 0 spiro atoms. The molecule has 0 bridgehead atoms. The van der Waals surface area contributed by atoms with Crippen LogP contribution >= 0.6 is 0 Å². The highest BCUT2D eigenvalue weighted by atomic mass is 32.2. The maximum atomic E-state index is 12.6. The van der Waals surface area contributed by atoms with Crippen LogP contribution in [0.1, 0.15) is 23.2 Å². The van der Waals surface area contributed by atoms with Gasteiger partial charge < -0.3 is 10.5 Å². The lowest BCUT2D eigenvalue weighted by molar-refractivity contribution is -0.122. The Bertz CT molecular complexity index is 686. The predicted molar refractivity (Wildman–Crippen MR) is 78.5 cm³/mol. The second kappa shape index (κ2) is 6.45. The van der Waals surface area contributed by atoms with Gasteiger partial charge in [0.1, 0.15) is 0 Å². The Hall–Kier alpha value is -1.93. The van der Waals surface area contributed by atoms with Crippen molar-refractivity contribution < 1.29 is 22.7 Å². The average molecular weight is 326 g/mol. The van der Waals surface area contributed by atoms with Gasteiger partial charge in [-0.3, -0.25) is 4.79 Å². The van der Waals surface area contributed by atoms with Crippen LogP contribution in [-0.2, 0) is 19.6 Å². The normalized spacial score (nSPS) is 19.6. The summed E-state index contributed by atoms with van der Waals surface area (Å²) in [5.41, 5.74) is 5.43. The molecule has 7 nitrogen and oxygen atoms in total. The van der Waals surface area contributed by atoms with Crippen molar-refractivity contribution in [3.8, 4) is 0 Å². The maximum absolute atomic E-state index is 12.6. The molecule has 2 N–H and O–H groups in total. The van der Waals surface area contributed by atoms with E-state index in [2.05, 4.69) is 4.74 Å². The summed E-state index contributed by atoms with van der Waals surface area (Å²) in [7, 11) is -2.55. The molecule has 0 aromatic heterocycles. The number of amides is 1. The summed E-state index contributed by atoms with van der Waals surface area (Å²) in [4.78, 5) is 22.8. The molecular formula is C14H18N2O5S. The minimum absolute atomic E-state index is 0.000482. The number of primary amides is 1. The van der Waals surface area contributed by atoms with Gasteiger partial charge in [-0.1, -0.05) is 6.07 Å². The Balaban J connectivity index is 2.30. The van der Waals surface area contributed by atoms with Crippen LogP contribution < -0.4 is 5.73 Å².